The zero-order chi connectivity index (χ0) is 10.7. The summed E-state index contributed by atoms with van der Waals surface area (Å²) in [7, 11) is 0. The number of aromatic amines is 2. The third-order valence-corrected chi connectivity index (χ3v) is 1.90. The maximum absolute atomic E-state index is 11.3. The first-order valence-electron chi connectivity index (χ1n) is 4.25. The average Bonchev–Trinajstić information content (AvgIpc) is 2.18. The number of hydrogen-bond donors (Lipinski definition) is 4. The number of anilines is 1. The van der Waals surface area contributed by atoms with E-state index in [-0.39, 0.29) is 23.9 Å². The molecule has 1 unspecified atom stereocenters. The van der Waals surface area contributed by atoms with E-state index in [9.17, 15) is 9.59 Å². The minimum atomic E-state index is -0.401. The van der Waals surface area contributed by atoms with Gasteiger partial charge in [-0.25, -0.2) is 0 Å². The molecule has 1 atom stereocenters. The summed E-state index contributed by atoms with van der Waals surface area (Å²) in [6, 6.07) is -0.267. The highest BCUT2D eigenvalue weighted by molar-refractivity contribution is 5.47. The number of nitrogens with one attached hydrogen (secondary N) is 3. The van der Waals surface area contributed by atoms with Gasteiger partial charge in [0.25, 0.3) is 11.1 Å². The Bertz CT molecular complexity index is 421. The first-order valence-corrected chi connectivity index (χ1v) is 4.25. The number of aliphatic hydroxyl groups is 1. The van der Waals surface area contributed by atoms with Crippen LogP contribution in [0.3, 0.4) is 0 Å². The van der Waals surface area contributed by atoms with Crippen molar-refractivity contribution in [2.45, 2.75) is 19.9 Å². The van der Waals surface area contributed by atoms with Gasteiger partial charge in [0.2, 0.25) is 0 Å². The van der Waals surface area contributed by atoms with E-state index in [0.717, 1.165) is 0 Å². The molecule has 0 radical (unpaired) electrons. The van der Waals surface area contributed by atoms with Crippen molar-refractivity contribution in [3.63, 3.8) is 0 Å². The Labute approximate surface area is 80.0 Å². The first-order chi connectivity index (χ1) is 6.56. The van der Waals surface area contributed by atoms with Crippen LogP contribution in [0.1, 0.15) is 12.5 Å². The molecule has 0 aliphatic carbocycles. The van der Waals surface area contributed by atoms with Gasteiger partial charge in [-0.15, -0.1) is 0 Å². The second kappa shape index (κ2) is 4.10. The van der Waals surface area contributed by atoms with Gasteiger partial charge in [-0.05, 0) is 13.8 Å². The molecule has 0 aliphatic rings. The topological polar surface area (TPSA) is 98.0 Å². The van der Waals surface area contributed by atoms with Gasteiger partial charge in [-0.1, -0.05) is 0 Å². The number of H-pyrrole nitrogens is 2. The van der Waals surface area contributed by atoms with E-state index in [0.29, 0.717) is 5.56 Å². The molecule has 0 saturated carbocycles. The lowest BCUT2D eigenvalue weighted by atomic mass is 10.2. The van der Waals surface area contributed by atoms with Crippen molar-refractivity contribution in [2.75, 3.05) is 11.9 Å². The van der Waals surface area contributed by atoms with Crippen LogP contribution in [0.25, 0.3) is 0 Å². The van der Waals surface area contributed by atoms with Gasteiger partial charge in [0.15, 0.2) is 0 Å². The van der Waals surface area contributed by atoms with Crippen molar-refractivity contribution in [3.05, 3.63) is 26.3 Å². The zero-order valence-corrected chi connectivity index (χ0v) is 8.05. The van der Waals surface area contributed by atoms with Gasteiger partial charge in [0.1, 0.15) is 5.69 Å². The Morgan fingerprint density at radius 3 is 2.50 bits per heavy atom. The summed E-state index contributed by atoms with van der Waals surface area (Å²) in [4.78, 5) is 22.4. The predicted octanol–water partition coefficient (Wildman–Crippen LogP) is -0.836. The van der Waals surface area contributed by atoms with Crippen molar-refractivity contribution in [1.29, 1.82) is 0 Å². The van der Waals surface area contributed by atoms with Gasteiger partial charge >= 0.3 is 0 Å². The third kappa shape index (κ3) is 2.02. The zero-order valence-electron chi connectivity index (χ0n) is 8.05. The molecule has 6 heteroatoms. The smallest absolute Gasteiger partial charge is 0.286 e. The summed E-state index contributed by atoms with van der Waals surface area (Å²) in [6.07, 6.45) is 0. The highest BCUT2D eigenvalue weighted by Crippen LogP contribution is 2.02. The van der Waals surface area contributed by atoms with E-state index in [4.69, 9.17) is 5.11 Å². The number of hydrogen-bond acceptors (Lipinski definition) is 4. The Morgan fingerprint density at radius 2 is 1.93 bits per heavy atom. The molecule has 0 aromatic carbocycles. The molecule has 4 N–H and O–H groups in total. The third-order valence-electron chi connectivity index (χ3n) is 1.90. The summed E-state index contributed by atoms with van der Waals surface area (Å²) in [5, 5.41) is 15.9. The van der Waals surface area contributed by atoms with Crippen LogP contribution < -0.4 is 16.4 Å². The Kier molecular flexibility index (Phi) is 3.08. The van der Waals surface area contributed by atoms with E-state index in [1.54, 1.807) is 13.8 Å². The van der Waals surface area contributed by atoms with E-state index in [2.05, 4.69) is 15.5 Å². The van der Waals surface area contributed by atoms with Gasteiger partial charge in [-0.3, -0.25) is 19.8 Å². The van der Waals surface area contributed by atoms with Crippen LogP contribution in [-0.2, 0) is 0 Å². The normalized spacial score (nSPS) is 12.5. The second-order valence-electron chi connectivity index (χ2n) is 3.14. The van der Waals surface area contributed by atoms with E-state index in [1.165, 1.54) is 0 Å². The van der Waals surface area contributed by atoms with Gasteiger partial charge < -0.3 is 10.4 Å². The SMILES string of the molecule is Cc1c(NC(C)CO)c(=O)[nH][nH]c1=O. The molecular formula is C8H13N3O3. The van der Waals surface area contributed by atoms with Crippen molar-refractivity contribution >= 4 is 5.69 Å². The number of aliphatic hydroxyl groups excluding tert-OH is 1. The van der Waals surface area contributed by atoms with Gasteiger partial charge in [0.05, 0.1) is 6.61 Å². The molecule has 1 heterocycles. The summed E-state index contributed by atoms with van der Waals surface area (Å²) in [6.45, 7) is 3.15. The molecule has 1 aromatic heterocycles. The molecule has 0 bridgehead atoms. The van der Waals surface area contributed by atoms with Crippen molar-refractivity contribution in [1.82, 2.24) is 10.2 Å². The number of aromatic nitrogens is 2. The molecule has 1 rings (SSSR count). The summed E-state index contributed by atoms with van der Waals surface area (Å²) in [5.74, 6) is 0. The molecule has 0 aliphatic heterocycles. The molecule has 78 valence electrons. The van der Waals surface area contributed by atoms with Crippen molar-refractivity contribution in [3.8, 4) is 0 Å². The standard InChI is InChI=1S/C8H13N3O3/c1-4(3-12)9-6-5(2)7(13)10-11-8(6)14/h4,12H,3H2,1-2H3,(H,11,14)(H2,9,10,13). The van der Waals surface area contributed by atoms with Crippen LogP contribution in [0.15, 0.2) is 9.59 Å². The van der Waals surface area contributed by atoms with Crippen LogP contribution >= 0.6 is 0 Å². The molecule has 0 fully saturated rings. The highest BCUT2D eigenvalue weighted by Gasteiger charge is 2.09. The molecule has 0 amide bonds. The molecule has 14 heavy (non-hydrogen) atoms. The summed E-state index contributed by atoms with van der Waals surface area (Å²) < 4.78 is 0. The van der Waals surface area contributed by atoms with Gasteiger partial charge in [0, 0.05) is 11.6 Å². The lowest BCUT2D eigenvalue weighted by molar-refractivity contribution is 0.281. The fourth-order valence-electron chi connectivity index (χ4n) is 1.02. The Balaban J connectivity index is 3.13. The largest absolute Gasteiger partial charge is 0.394 e. The average molecular weight is 199 g/mol. The monoisotopic (exact) mass is 199 g/mol. The van der Waals surface area contributed by atoms with Crippen LogP contribution in [0.2, 0.25) is 0 Å². The molecule has 0 saturated heterocycles. The summed E-state index contributed by atoms with van der Waals surface area (Å²) >= 11 is 0. The molecule has 1 aromatic rings. The first kappa shape index (κ1) is 10.5. The van der Waals surface area contributed by atoms with Crippen LogP contribution in [0.4, 0.5) is 5.69 Å². The van der Waals surface area contributed by atoms with Gasteiger partial charge in [-0.2, -0.15) is 0 Å². The quantitative estimate of drug-likeness (QED) is 0.510. The maximum atomic E-state index is 11.3. The minimum absolute atomic E-state index is 0.105. The Morgan fingerprint density at radius 1 is 1.36 bits per heavy atom. The fourth-order valence-corrected chi connectivity index (χ4v) is 1.02. The molecule has 6 nitrogen and oxygen atoms in total. The van der Waals surface area contributed by atoms with E-state index < -0.39 is 5.56 Å². The Hall–Kier alpha value is -1.56. The highest BCUT2D eigenvalue weighted by atomic mass is 16.3. The van der Waals surface area contributed by atoms with E-state index >= 15 is 0 Å². The predicted molar refractivity (Wildman–Crippen MR) is 52.6 cm³/mol. The molecular weight excluding hydrogens is 186 g/mol. The maximum Gasteiger partial charge on any atom is 0.286 e. The lowest BCUT2D eigenvalue weighted by Gasteiger charge is -2.12. The van der Waals surface area contributed by atoms with Crippen LogP contribution in [-0.4, -0.2) is 28.0 Å². The van der Waals surface area contributed by atoms with E-state index in [1.807, 2.05) is 0 Å². The van der Waals surface area contributed by atoms with Crippen molar-refractivity contribution < 1.29 is 5.11 Å². The second-order valence-corrected chi connectivity index (χ2v) is 3.14. The molecule has 0 spiro atoms. The fraction of sp³-hybridized carbons (Fsp3) is 0.500. The van der Waals surface area contributed by atoms with Crippen molar-refractivity contribution in [2.24, 2.45) is 0 Å². The van der Waals surface area contributed by atoms with Crippen LogP contribution in [0, 0.1) is 6.92 Å². The van der Waals surface area contributed by atoms with Crippen LogP contribution in [0.5, 0.6) is 0 Å². The summed E-state index contributed by atoms with van der Waals surface area (Å²) in [5.41, 5.74) is -0.232. The lowest BCUT2D eigenvalue weighted by Crippen LogP contribution is -2.30. The minimum Gasteiger partial charge on any atom is -0.394 e. The number of rotatable bonds is 3.